The Morgan fingerprint density at radius 2 is 1.56 bits per heavy atom. The van der Waals surface area contributed by atoms with Gasteiger partial charge in [0.05, 0.1) is 16.5 Å². The Morgan fingerprint density at radius 1 is 0.926 bits per heavy atom. The highest BCUT2D eigenvalue weighted by Crippen LogP contribution is 2.34. The predicted octanol–water partition coefficient (Wildman–Crippen LogP) is 4.58. The molecule has 1 aliphatic rings. The quantitative estimate of drug-likeness (QED) is 0.653. The summed E-state index contributed by atoms with van der Waals surface area (Å²) in [5, 5.41) is 10.2. The molecule has 0 fully saturated rings. The van der Waals surface area contributed by atoms with E-state index in [1.807, 2.05) is 18.2 Å². The van der Waals surface area contributed by atoms with Gasteiger partial charge in [-0.1, -0.05) is 41.9 Å². The number of benzene rings is 3. The van der Waals surface area contributed by atoms with Gasteiger partial charge < -0.3 is 0 Å². The van der Waals surface area contributed by atoms with E-state index in [9.17, 15) is 13.7 Å². The summed E-state index contributed by atoms with van der Waals surface area (Å²) in [5.41, 5.74) is 3.97. The molecular weight excluding hydrogens is 380 g/mol. The minimum absolute atomic E-state index is 0.266. The third-order valence-electron chi connectivity index (χ3n) is 4.69. The topological polar surface area (TPSA) is 61.2 Å². The summed E-state index contributed by atoms with van der Waals surface area (Å²) < 4.78 is 27.2. The van der Waals surface area contributed by atoms with E-state index in [1.165, 1.54) is 4.31 Å². The molecule has 4 nitrogen and oxygen atoms in total. The first kappa shape index (κ1) is 17.7. The molecule has 4 rings (SSSR count). The van der Waals surface area contributed by atoms with Crippen LogP contribution in [0.25, 0.3) is 11.1 Å². The molecule has 0 bridgehead atoms. The zero-order valence-corrected chi connectivity index (χ0v) is 15.8. The minimum atomic E-state index is -3.58. The smallest absolute Gasteiger partial charge is 0.207 e. The summed E-state index contributed by atoms with van der Waals surface area (Å²) in [5.74, 6) is 0. The van der Waals surface area contributed by atoms with Crippen molar-refractivity contribution in [3.05, 3.63) is 88.4 Å². The highest BCUT2D eigenvalue weighted by molar-refractivity contribution is 7.89. The SMILES string of the molecule is N#Cc1cc2c(cc1-c1ccc(Cl)cc1)CN(S(=O)(=O)c1ccccc1)C2. The van der Waals surface area contributed by atoms with Crippen LogP contribution < -0.4 is 0 Å². The van der Waals surface area contributed by atoms with Crippen molar-refractivity contribution in [3.63, 3.8) is 0 Å². The number of sulfonamides is 1. The monoisotopic (exact) mass is 394 g/mol. The lowest BCUT2D eigenvalue weighted by atomic mass is 9.95. The van der Waals surface area contributed by atoms with Gasteiger partial charge in [0.25, 0.3) is 0 Å². The van der Waals surface area contributed by atoms with Crippen molar-refractivity contribution in [3.8, 4) is 17.2 Å². The molecule has 0 N–H and O–H groups in total. The molecule has 0 amide bonds. The molecule has 0 atom stereocenters. The maximum Gasteiger partial charge on any atom is 0.243 e. The summed E-state index contributed by atoms with van der Waals surface area (Å²) >= 11 is 5.96. The van der Waals surface area contributed by atoms with Gasteiger partial charge >= 0.3 is 0 Å². The number of hydrogen-bond acceptors (Lipinski definition) is 3. The number of halogens is 1. The molecular formula is C21H15ClN2O2S. The second-order valence-corrected chi connectivity index (χ2v) is 8.75. The first-order valence-corrected chi connectivity index (χ1v) is 10.2. The van der Waals surface area contributed by atoms with E-state index in [2.05, 4.69) is 6.07 Å². The van der Waals surface area contributed by atoms with Crippen LogP contribution in [0, 0.1) is 11.3 Å². The number of nitrogens with zero attached hydrogens (tertiary/aromatic N) is 2. The normalized spacial score (nSPS) is 13.9. The van der Waals surface area contributed by atoms with E-state index in [0.29, 0.717) is 17.1 Å². The van der Waals surface area contributed by atoms with Gasteiger partial charge in [-0.25, -0.2) is 8.42 Å². The van der Waals surface area contributed by atoms with Crippen molar-refractivity contribution in [2.75, 3.05) is 0 Å². The molecule has 6 heteroatoms. The van der Waals surface area contributed by atoms with E-state index in [4.69, 9.17) is 11.6 Å². The van der Waals surface area contributed by atoms with Crippen molar-refractivity contribution >= 4 is 21.6 Å². The Hall–Kier alpha value is -2.65. The van der Waals surface area contributed by atoms with Crippen molar-refractivity contribution in [2.24, 2.45) is 0 Å². The summed E-state index contributed by atoms with van der Waals surface area (Å²) in [6, 6.07) is 21.6. The second-order valence-electron chi connectivity index (χ2n) is 6.37. The number of fused-ring (bicyclic) bond motifs is 1. The molecule has 0 saturated carbocycles. The van der Waals surface area contributed by atoms with Crippen LogP contribution >= 0.6 is 11.6 Å². The standard InChI is InChI=1S/C21H15ClN2O2S/c22-19-8-6-15(7-9-19)21-11-18-14-24(13-17(18)10-16(21)12-23)27(25,26)20-4-2-1-3-5-20/h1-11H,13-14H2. The average Bonchev–Trinajstić information content (AvgIpc) is 3.12. The van der Waals surface area contributed by atoms with Crippen LogP contribution in [-0.2, 0) is 23.1 Å². The first-order valence-electron chi connectivity index (χ1n) is 8.36. The molecule has 0 spiro atoms. The fraction of sp³-hybridized carbons (Fsp3) is 0.0952. The van der Waals surface area contributed by atoms with Gasteiger partial charge in [-0.05, 0) is 58.7 Å². The Balaban J connectivity index is 1.73. The van der Waals surface area contributed by atoms with Crippen LogP contribution in [0.5, 0.6) is 0 Å². The third-order valence-corrected chi connectivity index (χ3v) is 6.75. The van der Waals surface area contributed by atoms with Crippen LogP contribution in [-0.4, -0.2) is 12.7 Å². The zero-order chi connectivity index (χ0) is 19.0. The van der Waals surface area contributed by atoms with Crippen molar-refractivity contribution in [1.82, 2.24) is 4.31 Å². The van der Waals surface area contributed by atoms with Crippen molar-refractivity contribution < 1.29 is 8.42 Å². The average molecular weight is 395 g/mol. The molecule has 1 heterocycles. The molecule has 0 aromatic heterocycles. The Morgan fingerprint density at radius 3 is 2.19 bits per heavy atom. The van der Waals surface area contributed by atoms with Crippen LogP contribution in [0.2, 0.25) is 5.02 Å². The molecule has 1 aliphatic heterocycles. The van der Waals surface area contributed by atoms with Crippen molar-refractivity contribution in [1.29, 1.82) is 5.26 Å². The van der Waals surface area contributed by atoms with E-state index in [1.54, 1.807) is 48.5 Å². The van der Waals surface area contributed by atoms with Gasteiger partial charge in [0.2, 0.25) is 10.0 Å². The fourth-order valence-corrected chi connectivity index (χ4v) is 4.84. The second kappa shape index (κ2) is 6.82. The van der Waals surface area contributed by atoms with E-state index < -0.39 is 10.0 Å². The lowest BCUT2D eigenvalue weighted by molar-refractivity contribution is 0.431. The Kier molecular flexibility index (Phi) is 4.48. The van der Waals surface area contributed by atoms with Gasteiger partial charge in [-0.15, -0.1) is 0 Å². The van der Waals surface area contributed by atoms with Crippen molar-refractivity contribution in [2.45, 2.75) is 18.0 Å². The maximum atomic E-state index is 12.9. The van der Waals surface area contributed by atoms with Crippen LogP contribution in [0.4, 0.5) is 0 Å². The van der Waals surface area contributed by atoms with E-state index in [0.717, 1.165) is 22.3 Å². The molecule has 0 unspecified atom stereocenters. The lowest BCUT2D eigenvalue weighted by Crippen LogP contribution is -2.25. The molecule has 134 valence electrons. The fourth-order valence-electron chi connectivity index (χ4n) is 3.29. The van der Waals surface area contributed by atoms with Crippen LogP contribution in [0.15, 0.2) is 71.6 Å². The van der Waals surface area contributed by atoms with Gasteiger partial charge in [-0.3, -0.25) is 0 Å². The first-order chi connectivity index (χ1) is 13.0. The summed E-state index contributed by atoms with van der Waals surface area (Å²) in [7, 11) is -3.58. The van der Waals surface area contributed by atoms with Gasteiger partial charge in [0.15, 0.2) is 0 Å². The molecule has 3 aromatic carbocycles. The minimum Gasteiger partial charge on any atom is -0.207 e. The molecule has 0 saturated heterocycles. The molecule has 3 aromatic rings. The van der Waals surface area contributed by atoms with Gasteiger partial charge in [0.1, 0.15) is 0 Å². The largest absolute Gasteiger partial charge is 0.243 e. The number of hydrogen-bond donors (Lipinski definition) is 0. The third kappa shape index (κ3) is 3.24. The van der Waals surface area contributed by atoms with E-state index >= 15 is 0 Å². The Labute approximate surface area is 163 Å². The predicted molar refractivity (Wildman–Crippen MR) is 104 cm³/mol. The number of rotatable bonds is 3. The number of nitriles is 1. The van der Waals surface area contributed by atoms with Crippen LogP contribution in [0.3, 0.4) is 0 Å². The molecule has 27 heavy (non-hydrogen) atoms. The van der Waals surface area contributed by atoms with E-state index in [-0.39, 0.29) is 11.4 Å². The van der Waals surface area contributed by atoms with Gasteiger partial charge in [0, 0.05) is 18.1 Å². The Bertz CT molecular complexity index is 1150. The summed E-state index contributed by atoms with van der Waals surface area (Å²) in [6.07, 6.45) is 0. The lowest BCUT2D eigenvalue weighted by Gasteiger charge is -2.15. The van der Waals surface area contributed by atoms with Crippen LogP contribution in [0.1, 0.15) is 16.7 Å². The maximum absolute atomic E-state index is 12.9. The summed E-state index contributed by atoms with van der Waals surface area (Å²) in [6.45, 7) is 0.557. The zero-order valence-electron chi connectivity index (χ0n) is 14.3. The van der Waals surface area contributed by atoms with Gasteiger partial charge in [-0.2, -0.15) is 9.57 Å². The highest BCUT2D eigenvalue weighted by atomic mass is 35.5. The highest BCUT2D eigenvalue weighted by Gasteiger charge is 2.31. The summed E-state index contributed by atoms with van der Waals surface area (Å²) in [4.78, 5) is 0.274. The molecule has 0 radical (unpaired) electrons. The molecule has 0 aliphatic carbocycles.